The van der Waals surface area contributed by atoms with E-state index in [0.29, 0.717) is 23.8 Å². The molecule has 4 nitrogen and oxygen atoms in total. The number of rotatable bonds is 4. The summed E-state index contributed by atoms with van der Waals surface area (Å²) in [5, 5.41) is 9.92. The van der Waals surface area contributed by atoms with Crippen LogP contribution in [-0.2, 0) is 10.0 Å². The lowest BCUT2D eigenvalue weighted by atomic mass is 9.99. The second kappa shape index (κ2) is 5.47. The van der Waals surface area contributed by atoms with Gasteiger partial charge in [0.05, 0.1) is 10.5 Å². The van der Waals surface area contributed by atoms with E-state index in [2.05, 4.69) is 13.8 Å². The molecule has 2 unspecified atom stereocenters. The molecule has 1 heterocycles. The Hall–Kier alpha value is -0.910. The van der Waals surface area contributed by atoms with Crippen molar-refractivity contribution in [3.05, 3.63) is 29.8 Å². The van der Waals surface area contributed by atoms with Crippen LogP contribution in [0.2, 0.25) is 0 Å². The summed E-state index contributed by atoms with van der Waals surface area (Å²) < 4.78 is 26.3. The van der Waals surface area contributed by atoms with Crippen molar-refractivity contribution in [1.29, 1.82) is 0 Å². The Labute approximate surface area is 121 Å². The van der Waals surface area contributed by atoms with Crippen LogP contribution < -0.4 is 0 Å². The Balaban J connectivity index is 2.22. The third-order valence-corrected chi connectivity index (χ3v) is 5.98. The van der Waals surface area contributed by atoms with Crippen LogP contribution in [0.3, 0.4) is 0 Å². The van der Waals surface area contributed by atoms with Gasteiger partial charge in [-0.3, -0.25) is 0 Å². The fourth-order valence-corrected chi connectivity index (χ4v) is 4.02. The van der Waals surface area contributed by atoms with Crippen LogP contribution in [0.5, 0.6) is 0 Å². The van der Waals surface area contributed by atoms with Gasteiger partial charge in [0, 0.05) is 13.1 Å². The summed E-state index contributed by atoms with van der Waals surface area (Å²) in [6, 6.07) is 7.11. The Morgan fingerprint density at radius 1 is 1.35 bits per heavy atom. The van der Waals surface area contributed by atoms with E-state index in [0.717, 1.165) is 12.0 Å². The monoisotopic (exact) mass is 297 g/mol. The van der Waals surface area contributed by atoms with Gasteiger partial charge in [-0.25, -0.2) is 8.42 Å². The molecule has 0 bridgehead atoms. The minimum Gasteiger partial charge on any atom is -0.389 e. The van der Waals surface area contributed by atoms with E-state index >= 15 is 0 Å². The number of β-amino-alcohol motifs (C(OH)–C–C–N with tert-alkyl or cyclic N) is 1. The number of aliphatic hydroxyl groups is 1. The van der Waals surface area contributed by atoms with Gasteiger partial charge in [-0.05, 0) is 43.4 Å². The van der Waals surface area contributed by atoms with E-state index in [1.165, 1.54) is 4.31 Å². The van der Waals surface area contributed by atoms with Gasteiger partial charge in [-0.2, -0.15) is 4.31 Å². The van der Waals surface area contributed by atoms with Crippen molar-refractivity contribution < 1.29 is 13.5 Å². The summed E-state index contributed by atoms with van der Waals surface area (Å²) in [5.74, 6) is 0.430. The molecule has 1 saturated heterocycles. The van der Waals surface area contributed by atoms with Crippen LogP contribution >= 0.6 is 0 Å². The summed E-state index contributed by atoms with van der Waals surface area (Å²) in [4.78, 5) is 0.308. The van der Waals surface area contributed by atoms with Crippen LogP contribution in [0, 0.1) is 0 Å². The molecule has 0 radical (unpaired) electrons. The number of hydrogen-bond donors (Lipinski definition) is 1. The number of nitrogens with zero attached hydrogens (tertiary/aromatic N) is 1. The molecule has 0 amide bonds. The van der Waals surface area contributed by atoms with Crippen molar-refractivity contribution in [2.45, 2.75) is 50.0 Å². The van der Waals surface area contributed by atoms with E-state index in [4.69, 9.17) is 0 Å². The quantitative estimate of drug-likeness (QED) is 0.928. The fraction of sp³-hybridized carbons (Fsp3) is 0.600. The topological polar surface area (TPSA) is 57.6 Å². The Morgan fingerprint density at radius 3 is 2.40 bits per heavy atom. The first-order valence-electron chi connectivity index (χ1n) is 7.09. The zero-order valence-corrected chi connectivity index (χ0v) is 13.2. The molecule has 0 aromatic heterocycles. The van der Waals surface area contributed by atoms with Gasteiger partial charge in [0.15, 0.2) is 0 Å². The zero-order valence-electron chi connectivity index (χ0n) is 12.3. The molecule has 20 heavy (non-hydrogen) atoms. The maximum atomic E-state index is 12.5. The van der Waals surface area contributed by atoms with Gasteiger partial charge < -0.3 is 5.11 Å². The molecule has 112 valence electrons. The van der Waals surface area contributed by atoms with Gasteiger partial charge in [-0.1, -0.05) is 26.0 Å². The minimum absolute atomic E-state index is 0.169. The lowest BCUT2D eigenvalue weighted by molar-refractivity contribution is 0.0762. The zero-order chi connectivity index (χ0) is 15.0. The molecule has 1 aliphatic heterocycles. The van der Waals surface area contributed by atoms with Crippen LogP contribution in [0.4, 0.5) is 0 Å². The summed E-state index contributed by atoms with van der Waals surface area (Å²) in [6.45, 7) is 6.46. The van der Waals surface area contributed by atoms with Crippen molar-refractivity contribution >= 4 is 10.0 Å². The summed E-state index contributed by atoms with van der Waals surface area (Å²) >= 11 is 0. The average molecular weight is 297 g/mol. The summed E-state index contributed by atoms with van der Waals surface area (Å²) in [7, 11) is -3.49. The molecule has 2 rings (SSSR count). The Morgan fingerprint density at radius 2 is 1.95 bits per heavy atom. The molecule has 1 aromatic carbocycles. The van der Waals surface area contributed by atoms with Gasteiger partial charge in [0.25, 0.3) is 0 Å². The molecule has 1 N–H and O–H groups in total. The number of sulfonamides is 1. The maximum absolute atomic E-state index is 12.5. The second-order valence-electron chi connectivity index (χ2n) is 5.96. The van der Waals surface area contributed by atoms with Crippen molar-refractivity contribution in [1.82, 2.24) is 4.31 Å². The highest BCUT2D eigenvalue weighted by molar-refractivity contribution is 7.89. The highest BCUT2D eigenvalue weighted by Gasteiger charge is 2.38. The molecule has 1 fully saturated rings. The van der Waals surface area contributed by atoms with E-state index in [-0.39, 0.29) is 6.54 Å². The van der Waals surface area contributed by atoms with Gasteiger partial charge in [0.2, 0.25) is 10.0 Å². The molecule has 0 saturated carbocycles. The normalized spacial score (nSPS) is 25.8. The molecule has 5 heteroatoms. The van der Waals surface area contributed by atoms with Crippen LogP contribution in [-0.4, -0.2) is 36.5 Å². The van der Waals surface area contributed by atoms with Crippen molar-refractivity contribution in [3.8, 4) is 0 Å². The highest BCUT2D eigenvalue weighted by atomic mass is 32.2. The highest BCUT2D eigenvalue weighted by Crippen LogP contribution is 2.28. The SMILES string of the molecule is CCC(C)c1ccc(S(=O)(=O)N2CCC(C)(O)C2)cc1. The van der Waals surface area contributed by atoms with Crippen molar-refractivity contribution in [3.63, 3.8) is 0 Å². The lowest BCUT2D eigenvalue weighted by Crippen LogP contribution is -2.33. The largest absolute Gasteiger partial charge is 0.389 e. The molecule has 0 aliphatic carbocycles. The number of hydrogen-bond acceptors (Lipinski definition) is 3. The molecule has 1 aliphatic rings. The first-order valence-corrected chi connectivity index (χ1v) is 8.53. The molecule has 0 spiro atoms. The molecular weight excluding hydrogens is 274 g/mol. The average Bonchev–Trinajstić information content (AvgIpc) is 2.79. The van der Waals surface area contributed by atoms with E-state index in [1.807, 2.05) is 12.1 Å². The van der Waals surface area contributed by atoms with E-state index in [1.54, 1.807) is 19.1 Å². The van der Waals surface area contributed by atoms with Gasteiger partial charge >= 0.3 is 0 Å². The number of benzene rings is 1. The van der Waals surface area contributed by atoms with Gasteiger partial charge in [0.1, 0.15) is 0 Å². The maximum Gasteiger partial charge on any atom is 0.243 e. The predicted octanol–water partition coefficient (Wildman–Crippen LogP) is 2.35. The molecule has 1 aromatic rings. The fourth-order valence-electron chi connectivity index (χ4n) is 2.46. The minimum atomic E-state index is -3.49. The van der Waals surface area contributed by atoms with Gasteiger partial charge in [-0.15, -0.1) is 0 Å². The van der Waals surface area contributed by atoms with E-state index in [9.17, 15) is 13.5 Å². The first kappa shape index (κ1) is 15.5. The molecule has 2 atom stereocenters. The third-order valence-electron chi connectivity index (χ3n) is 4.12. The lowest BCUT2D eigenvalue weighted by Gasteiger charge is -2.19. The van der Waals surface area contributed by atoms with Crippen LogP contribution in [0.25, 0.3) is 0 Å². The Kier molecular flexibility index (Phi) is 4.23. The third kappa shape index (κ3) is 3.05. The Bertz CT molecular complexity index is 563. The van der Waals surface area contributed by atoms with Crippen LogP contribution in [0.15, 0.2) is 29.2 Å². The first-order chi connectivity index (χ1) is 9.26. The second-order valence-corrected chi connectivity index (χ2v) is 7.90. The van der Waals surface area contributed by atoms with E-state index < -0.39 is 15.6 Å². The smallest absolute Gasteiger partial charge is 0.243 e. The summed E-state index contributed by atoms with van der Waals surface area (Å²) in [6.07, 6.45) is 1.51. The van der Waals surface area contributed by atoms with Crippen LogP contribution in [0.1, 0.15) is 45.1 Å². The van der Waals surface area contributed by atoms with Crippen molar-refractivity contribution in [2.75, 3.05) is 13.1 Å². The molecular formula is C15H23NO3S. The predicted molar refractivity (Wildman–Crippen MR) is 79.1 cm³/mol. The van der Waals surface area contributed by atoms with Crippen molar-refractivity contribution in [2.24, 2.45) is 0 Å². The summed E-state index contributed by atoms with van der Waals surface area (Å²) in [5.41, 5.74) is 0.240. The standard InChI is InChI=1S/C15H23NO3S/c1-4-12(2)13-5-7-14(8-6-13)20(18,19)16-10-9-15(3,17)11-16/h5-8,12,17H,4,9-11H2,1-3H3.